The molecule has 1 amide bonds. The second-order valence-electron chi connectivity index (χ2n) is 8.72. The van der Waals surface area contributed by atoms with Crippen LogP contribution in [0.1, 0.15) is 116 Å². The highest BCUT2D eigenvalue weighted by Gasteiger charge is 2.22. The van der Waals surface area contributed by atoms with E-state index in [1.165, 1.54) is 83.5 Å². The van der Waals surface area contributed by atoms with Crippen molar-refractivity contribution in [2.45, 2.75) is 122 Å². The summed E-state index contributed by atoms with van der Waals surface area (Å²) in [6.45, 7) is 1.08. The summed E-state index contributed by atoms with van der Waals surface area (Å²) >= 11 is 0. The van der Waals surface area contributed by atoms with E-state index in [0.717, 1.165) is 25.8 Å². The zero-order valence-electron chi connectivity index (χ0n) is 19.5. The third kappa shape index (κ3) is 18.9. The average Bonchev–Trinajstić information content (AvgIpc) is 2.70. The first-order valence-corrected chi connectivity index (χ1v) is 12.3. The van der Waals surface area contributed by atoms with Crippen LogP contribution in [0.4, 0.5) is 0 Å². The number of aliphatic carboxylic acids is 1. The van der Waals surface area contributed by atoms with E-state index in [-0.39, 0.29) is 12.8 Å². The fourth-order valence-corrected chi connectivity index (χ4v) is 3.92. The Morgan fingerprint density at radius 2 is 1.10 bits per heavy atom. The molecule has 1 atom stereocenters. The van der Waals surface area contributed by atoms with Gasteiger partial charge in [0.2, 0.25) is 5.91 Å². The predicted molar refractivity (Wildman–Crippen MR) is 123 cm³/mol. The summed E-state index contributed by atoms with van der Waals surface area (Å²) in [7, 11) is 1.82. The highest BCUT2D eigenvalue weighted by molar-refractivity contribution is 5.77. The van der Waals surface area contributed by atoms with Crippen molar-refractivity contribution in [3.8, 4) is 0 Å². The SMILES string of the molecule is CN(CCCCCCCCCCCCCCCCCCO)C(CCC(N)=O)C(=O)O. The Morgan fingerprint density at radius 3 is 1.43 bits per heavy atom. The fraction of sp³-hybridized carbons (Fsp3) is 0.917. The van der Waals surface area contributed by atoms with Crippen LogP contribution in [0.2, 0.25) is 0 Å². The minimum Gasteiger partial charge on any atom is -0.480 e. The monoisotopic (exact) mass is 428 g/mol. The van der Waals surface area contributed by atoms with E-state index < -0.39 is 17.9 Å². The summed E-state index contributed by atoms with van der Waals surface area (Å²) in [6, 6.07) is -0.622. The van der Waals surface area contributed by atoms with Crippen LogP contribution in [-0.2, 0) is 9.59 Å². The van der Waals surface area contributed by atoms with Crippen molar-refractivity contribution in [3.63, 3.8) is 0 Å². The number of aliphatic hydroxyl groups is 1. The van der Waals surface area contributed by atoms with Crippen LogP contribution in [0.3, 0.4) is 0 Å². The molecule has 0 fully saturated rings. The summed E-state index contributed by atoms with van der Waals surface area (Å²) < 4.78 is 0. The van der Waals surface area contributed by atoms with Gasteiger partial charge in [-0.1, -0.05) is 89.9 Å². The van der Waals surface area contributed by atoms with Crippen LogP contribution in [-0.4, -0.2) is 53.2 Å². The normalized spacial score (nSPS) is 12.4. The molecule has 0 rings (SSSR count). The molecule has 0 heterocycles. The van der Waals surface area contributed by atoms with Crippen LogP contribution < -0.4 is 5.73 Å². The number of unbranched alkanes of at least 4 members (excludes halogenated alkanes) is 15. The van der Waals surface area contributed by atoms with Crippen LogP contribution in [0.15, 0.2) is 0 Å². The number of carbonyl (C=O) groups is 2. The van der Waals surface area contributed by atoms with Crippen LogP contribution in [0.5, 0.6) is 0 Å². The quantitative estimate of drug-likeness (QED) is 0.201. The maximum Gasteiger partial charge on any atom is 0.320 e. The van der Waals surface area contributed by atoms with Crippen molar-refractivity contribution in [1.82, 2.24) is 4.90 Å². The summed E-state index contributed by atoms with van der Waals surface area (Å²) in [4.78, 5) is 24.0. The Balaban J connectivity index is 3.41. The molecule has 0 aliphatic heterocycles. The molecule has 0 radical (unpaired) electrons. The van der Waals surface area contributed by atoms with E-state index in [4.69, 9.17) is 10.8 Å². The molecule has 0 aromatic carbocycles. The molecule has 6 heteroatoms. The van der Waals surface area contributed by atoms with Crippen LogP contribution in [0, 0.1) is 0 Å². The highest BCUT2D eigenvalue weighted by Crippen LogP contribution is 2.14. The Labute approximate surface area is 184 Å². The third-order valence-electron chi connectivity index (χ3n) is 5.90. The predicted octanol–water partition coefficient (Wildman–Crippen LogP) is 4.87. The van der Waals surface area contributed by atoms with E-state index in [9.17, 15) is 14.7 Å². The lowest BCUT2D eigenvalue weighted by molar-refractivity contribution is -0.143. The number of likely N-dealkylation sites (N-methyl/N-ethyl adjacent to an activating group) is 1. The number of primary amides is 1. The Kier molecular flexibility index (Phi) is 20.3. The maximum absolute atomic E-state index is 11.3. The number of hydrogen-bond acceptors (Lipinski definition) is 4. The summed E-state index contributed by atoms with van der Waals surface area (Å²) in [5.41, 5.74) is 5.13. The van der Waals surface area contributed by atoms with Gasteiger partial charge in [-0.3, -0.25) is 14.5 Å². The van der Waals surface area contributed by atoms with Crippen molar-refractivity contribution < 1.29 is 19.8 Å². The number of rotatable bonds is 23. The first kappa shape index (κ1) is 28.9. The molecule has 4 N–H and O–H groups in total. The van der Waals surface area contributed by atoms with Crippen molar-refractivity contribution in [2.75, 3.05) is 20.2 Å². The topological polar surface area (TPSA) is 104 Å². The lowest BCUT2D eigenvalue weighted by Gasteiger charge is -2.24. The zero-order chi connectivity index (χ0) is 22.5. The first-order valence-electron chi connectivity index (χ1n) is 12.3. The molecule has 0 aliphatic rings. The van der Waals surface area contributed by atoms with Crippen molar-refractivity contribution in [1.29, 1.82) is 0 Å². The standard InChI is InChI=1S/C24H48N2O4/c1-26(22(24(29)30)18-19-23(25)28)20-16-14-12-10-8-6-4-2-3-5-7-9-11-13-15-17-21-27/h22,27H,2-21H2,1H3,(H2,25,28)(H,29,30). The molecule has 0 spiro atoms. The molecule has 0 aromatic heterocycles. The molecule has 0 aliphatic carbocycles. The number of nitrogens with two attached hydrogens (primary N) is 1. The second-order valence-corrected chi connectivity index (χ2v) is 8.72. The molecule has 6 nitrogen and oxygen atoms in total. The van der Waals surface area contributed by atoms with Gasteiger partial charge < -0.3 is 15.9 Å². The average molecular weight is 429 g/mol. The molecule has 178 valence electrons. The number of aliphatic hydroxyl groups excluding tert-OH is 1. The summed E-state index contributed by atoms with van der Waals surface area (Å²) in [5, 5.41) is 18.0. The third-order valence-corrected chi connectivity index (χ3v) is 5.90. The molecule has 0 saturated carbocycles. The molecule has 0 bridgehead atoms. The Morgan fingerprint density at radius 1 is 0.733 bits per heavy atom. The Bertz CT molecular complexity index is 418. The maximum atomic E-state index is 11.3. The van der Waals surface area contributed by atoms with Crippen molar-refractivity contribution in [3.05, 3.63) is 0 Å². The smallest absolute Gasteiger partial charge is 0.320 e. The van der Waals surface area contributed by atoms with E-state index in [2.05, 4.69) is 0 Å². The number of carboxylic acids is 1. The number of carbonyl (C=O) groups excluding carboxylic acids is 1. The lowest BCUT2D eigenvalue weighted by Crippen LogP contribution is -2.39. The molecule has 1 unspecified atom stereocenters. The number of carboxylic acid groups (broad SMARTS) is 1. The molecule has 0 aromatic rings. The van der Waals surface area contributed by atoms with Gasteiger partial charge in [0.05, 0.1) is 0 Å². The van der Waals surface area contributed by atoms with Gasteiger partial charge in [-0.15, -0.1) is 0 Å². The number of hydrogen-bond donors (Lipinski definition) is 3. The van der Waals surface area contributed by atoms with Crippen LogP contribution >= 0.6 is 0 Å². The van der Waals surface area contributed by atoms with Gasteiger partial charge in [-0.25, -0.2) is 0 Å². The van der Waals surface area contributed by atoms with E-state index >= 15 is 0 Å². The van der Waals surface area contributed by atoms with E-state index in [1.54, 1.807) is 0 Å². The largest absolute Gasteiger partial charge is 0.480 e. The van der Waals surface area contributed by atoms with Crippen molar-refractivity contribution >= 4 is 11.9 Å². The Hall–Kier alpha value is -1.14. The second kappa shape index (κ2) is 21.1. The minimum atomic E-state index is -0.878. The summed E-state index contributed by atoms with van der Waals surface area (Å²) in [6.07, 6.45) is 20.5. The fourth-order valence-electron chi connectivity index (χ4n) is 3.92. The summed E-state index contributed by atoms with van der Waals surface area (Å²) in [5.74, 6) is -1.32. The van der Waals surface area contributed by atoms with Crippen molar-refractivity contribution in [2.24, 2.45) is 5.73 Å². The van der Waals surface area contributed by atoms with Gasteiger partial charge in [0, 0.05) is 13.0 Å². The highest BCUT2D eigenvalue weighted by atomic mass is 16.4. The van der Waals surface area contributed by atoms with E-state index in [1.807, 2.05) is 11.9 Å². The van der Waals surface area contributed by atoms with Gasteiger partial charge in [0.15, 0.2) is 0 Å². The first-order chi connectivity index (χ1) is 14.5. The lowest BCUT2D eigenvalue weighted by atomic mass is 10.0. The van der Waals surface area contributed by atoms with Gasteiger partial charge in [-0.2, -0.15) is 0 Å². The van der Waals surface area contributed by atoms with Gasteiger partial charge in [0.1, 0.15) is 6.04 Å². The molecule has 0 saturated heterocycles. The molecular weight excluding hydrogens is 380 g/mol. The minimum absolute atomic E-state index is 0.118. The van der Waals surface area contributed by atoms with Crippen LogP contribution in [0.25, 0.3) is 0 Å². The molecule has 30 heavy (non-hydrogen) atoms. The zero-order valence-corrected chi connectivity index (χ0v) is 19.5. The van der Waals surface area contributed by atoms with Gasteiger partial charge >= 0.3 is 5.97 Å². The van der Waals surface area contributed by atoms with E-state index in [0.29, 0.717) is 6.61 Å². The van der Waals surface area contributed by atoms with Gasteiger partial charge in [-0.05, 0) is 32.9 Å². The van der Waals surface area contributed by atoms with Gasteiger partial charge in [0.25, 0.3) is 0 Å². The number of nitrogens with zero attached hydrogens (tertiary/aromatic N) is 1. The number of amides is 1. The molecular formula is C24H48N2O4.